The van der Waals surface area contributed by atoms with Gasteiger partial charge in [-0.05, 0) is 70.0 Å². The molecule has 2 N–H and O–H groups in total. The molecule has 37 heavy (non-hydrogen) atoms. The van der Waals surface area contributed by atoms with E-state index in [4.69, 9.17) is 9.47 Å². The van der Waals surface area contributed by atoms with Crippen LogP contribution in [0.2, 0.25) is 0 Å². The molecule has 2 heterocycles. The fourth-order valence-electron chi connectivity index (χ4n) is 4.92. The SMILES string of the molecule is CC(C)(C)OC(=O)NCC1COc2c([S-](=O)=O)cnn2C1.O=[C-]Nc1c2c(cc3c1CCC3)CCC2.[Na+]. The average molecular weight is 540 g/mol. The van der Waals surface area contributed by atoms with Gasteiger partial charge in [0.1, 0.15) is 5.60 Å². The number of benzene rings is 1. The van der Waals surface area contributed by atoms with E-state index in [0.29, 0.717) is 19.7 Å². The molecule has 1 aliphatic heterocycles. The van der Waals surface area contributed by atoms with Gasteiger partial charge in [0.2, 0.25) is 0 Å². The minimum Gasteiger partial charge on any atom is -0.490 e. The molecular weight excluding hydrogens is 507 g/mol. The molecule has 12 heteroatoms. The number of nitrogens with zero attached hydrogens (tertiary/aromatic N) is 2. The number of rotatable bonds is 5. The second-order valence-electron chi connectivity index (χ2n) is 10.3. The number of hydrogen-bond acceptors (Lipinski definition) is 8. The molecule has 2 amide bonds. The van der Waals surface area contributed by atoms with Crippen LogP contribution in [0.1, 0.15) is 55.9 Å². The van der Waals surface area contributed by atoms with Gasteiger partial charge < -0.3 is 33.3 Å². The topological polar surface area (TPSA) is 129 Å². The van der Waals surface area contributed by atoms with E-state index in [2.05, 4.69) is 21.8 Å². The van der Waals surface area contributed by atoms with Crippen LogP contribution in [0.3, 0.4) is 0 Å². The molecule has 5 rings (SSSR count). The zero-order valence-electron chi connectivity index (χ0n) is 21.8. The summed E-state index contributed by atoms with van der Waals surface area (Å²) >= 11 is 0. The summed E-state index contributed by atoms with van der Waals surface area (Å²) < 4.78 is 34.0. The molecule has 1 unspecified atom stereocenters. The maximum absolute atomic E-state index is 11.6. The molecule has 196 valence electrons. The molecule has 0 saturated heterocycles. The van der Waals surface area contributed by atoms with E-state index in [9.17, 15) is 18.0 Å². The number of aromatic nitrogens is 2. The maximum atomic E-state index is 11.6. The Labute approximate surface area is 241 Å². The predicted molar refractivity (Wildman–Crippen MR) is 132 cm³/mol. The first kappa shape index (κ1) is 29.5. The summed E-state index contributed by atoms with van der Waals surface area (Å²) in [6.45, 7) is 6.52. The molecule has 1 aromatic carbocycles. The van der Waals surface area contributed by atoms with Crippen LogP contribution in [-0.4, -0.2) is 41.0 Å². The maximum Gasteiger partial charge on any atom is 1.00 e. The summed E-state index contributed by atoms with van der Waals surface area (Å²) in [5, 5.41) is 9.44. The third kappa shape index (κ3) is 7.28. The fraction of sp³-hybridized carbons (Fsp3) is 0.560. The van der Waals surface area contributed by atoms with Gasteiger partial charge in [0.25, 0.3) is 0 Å². The van der Waals surface area contributed by atoms with Gasteiger partial charge in [0.15, 0.2) is 5.88 Å². The van der Waals surface area contributed by atoms with E-state index in [1.807, 2.05) is 6.41 Å². The number of carbonyl (C=O) groups is 1. The van der Waals surface area contributed by atoms with Crippen molar-refractivity contribution in [1.29, 1.82) is 0 Å². The standard InChI is InChI=1S/C13H14NO.C12H18N3O5S.Na/c15-8-14-13-11-5-1-3-9(11)7-10-4-2-6-12(10)13;1-12(2,3)20-11(16)13-4-8-6-15-10(19-7-8)9(5-14-15)21(17)18;/h7H,1-6H2,(H,14,15);5,8H,4,6-7H2,1-3H3,(H,13,16);/q2*-1;+1. The van der Waals surface area contributed by atoms with Crippen molar-refractivity contribution in [2.24, 2.45) is 5.92 Å². The third-order valence-electron chi connectivity index (χ3n) is 6.41. The predicted octanol–water partition coefficient (Wildman–Crippen LogP) is 0.232. The first-order chi connectivity index (χ1) is 17.2. The van der Waals surface area contributed by atoms with E-state index in [1.165, 1.54) is 58.8 Å². The minimum atomic E-state index is -2.37. The number of fused-ring (bicyclic) bond motifs is 3. The van der Waals surface area contributed by atoms with Crippen LogP contribution in [0.5, 0.6) is 5.88 Å². The van der Waals surface area contributed by atoms with Crippen LogP contribution in [0.4, 0.5) is 10.5 Å². The monoisotopic (exact) mass is 539 g/mol. The Hall–Kier alpha value is -2.08. The van der Waals surface area contributed by atoms with Crippen LogP contribution in [0.25, 0.3) is 0 Å². The van der Waals surface area contributed by atoms with Gasteiger partial charge in [-0.2, -0.15) is 5.10 Å². The number of aryl methyl sites for hydroxylation is 2. The van der Waals surface area contributed by atoms with Crippen molar-refractivity contribution in [3.8, 4) is 5.88 Å². The van der Waals surface area contributed by atoms with E-state index in [0.717, 1.165) is 18.5 Å². The summed E-state index contributed by atoms with van der Waals surface area (Å²) in [5.41, 5.74) is 6.20. The van der Waals surface area contributed by atoms with E-state index < -0.39 is 22.4 Å². The second kappa shape index (κ2) is 12.6. The second-order valence-corrected chi connectivity index (χ2v) is 11.2. The molecule has 0 radical (unpaired) electrons. The first-order valence-electron chi connectivity index (χ1n) is 12.2. The molecule has 0 fully saturated rings. The van der Waals surface area contributed by atoms with Gasteiger partial charge in [-0.15, -0.1) is 16.8 Å². The Kier molecular flexibility index (Phi) is 10.1. The van der Waals surface area contributed by atoms with Crippen molar-refractivity contribution in [2.45, 2.75) is 76.3 Å². The molecule has 1 atom stereocenters. The van der Waals surface area contributed by atoms with Gasteiger partial charge >= 0.3 is 35.7 Å². The molecule has 10 nitrogen and oxygen atoms in total. The quantitative estimate of drug-likeness (QED) is 0.241. The first-order valence-corrected chi connectivity index (χ1v) is 13.3. The Balaban J connectivity index is 0.000000209. The number of amides is 2. The number of ether oxygens (including phenoxy) is 2. The number of hydrogen-bond donors (Lipinski definition) is 2. The number of nitrogens with one attached hydrogen (secondary N) is 2. The van der Waals surface area contributed by atoms with Gasteiger partial charge in [-0.25, -0.2) is 9.48 Å². The summed E-state index contributed by atoms with van der Waals surface area (Å²) in [5.74, 6) is 0.245. The summed E-state index contributed by atoms with van der Waals surface area (Å²) in [6, 6.07) is 2.36. The summed E-state index contributed by atoms with van der Waals surface area (Å²) in [4.78, 5) is 22.1. The fourth-order valence-corrected chi connectivity index (χ4v) is 5.36. The van der Waals surface area contributed by atoms with E-state index in [-0.39, 0.29) is 46.3 Å². The molecule has 2 aliphatic carbocycles. The minimum absolute atomic E-state index is 0. The molecule has 0 saturated carbocycles. The Morgan fingerprint density at radius 2 is 1.84 bits per heavy atom. The smallest absolute Gasteiger partial charge is 0.490 e. The van der Waals surface area contributed by atoms with Crippen molar-refractivity contribution in [2.75, 3.05) is 18.5 Å². The van der Waals surface area contributed by atoms with Crippen molar-refractivity contribution >= 4 is 28.9 Å². The number of carbonyl (C=O) groups excluding carboxylic acids is 2. The van der Waals surface area contributed by atoms with Crippen LogP contribution in [0, 0.1) is 5.92 Å². The summed E-state index contributed by atoms with van der Waals surface area (Å²) in [7, 11) is -2.37. The molecular formula is C25H32N4NaO6S-. The van der Waals surface area contributed by atoms with Gasteiger partial charge in [0.05, 0.1) is 19.6 Å². The Morgan fingerprint density at radius 1 is 1.19 bits per heavy atom. The van der Waals surface area contributed by atoms with Crippen LogP contribution >= 0.6 is 0 Å². The molecule has 0 bridgehead atoms. The number of alkyl carbamates (subject to hydrolysis) is 1. The van der Waals surface area contributed by atoms with Gasteiger partial charge in [-0.3, -0.25) is 0 Å². The zero-order chi connectivity index (χ0) is 25.9. The van der Waals surface area contributed by atoms with Gasteiger partial charge in [0, 0.05) is 23.6 Å². The normalized spacial score (nSPS) is 17.2. The van der Waals surface area contributed by atoms with E-state index >= 15 is 0 Å². The van der Waals surface area contributed by atoms with Crippen molar-refractivity contribution in [3.05, 3.63) is 34.5 Å². The molecule has 1 aromatic heterocycles. The van der Waals surface area contributed by atoms with Crippen molar-refractivity contribution in [3.63, 3.8) is 0 Å². The van der Waals surface area contributed by atoms with Crippen LogP contribution in [-0.2, 0) is 60.9 Å². The largest absolute Gasteiger partial charge is 1.00 e. The molecule has 2 aromatic rings. The molecule has 0 spiro atoms. The van der Waals surface area contributed by atoms with E-state index in [1.54, 1.807) is 20.8 Å². The zero-order valence-corrected chi connectivity index (χ0v) is 24.7. The summed E-state index contributed by atoms with van der Waals surface area (Å²) in [6.07, 6.45) is 9.65. The Morgan fingerprint density at radius 3 is 2.41 bits per heavy atom. The van der Waals surface area contributed by atoms with Gasteiger partial charge in [-0.1, -0.05) is 17.2 Å². The Bertz CT molecular complexity index is 1180. The average Bonchev–Trinajstić information content (AvgIpc) is 3.55. The third-order valence-corrected chi connectivity index (χ3v) is 7.05. The van der Waals surface area contributed by atoms with Crippen molar-refractivity contribution in [1.82, 2.24) is 15.1 Å². The van der Waals surface area contributed by atoms with Crippen molar-refractivity contribution < 1.29 is 57.0 Å². The number of anilines is 1. The van der Waals surface area contributed by atoms with Crippen LogP contribution < -0.4 is 44.9 Å². The van der Waals surface area contributed by atoms with Crippen LogP contribution in [0.15, 0.2) is 17.2 Å². The molecule has 3 aliphatic rings.